The second kappa shape index (κ2) is 7.83. The van der Waals surface area contributed by atoms with Crippen molar-refractivity contribution < 1.29 is 29.0 Å². The van der Waals surface area contributed by atoms with E-state index >= 15 is 0 Å². The fourth-order valence-corrected chi connectivity index (χ4v) is 2.66. The van der Waals surface area contributed by atoms with Crippen molar-refractivity contribution in [3.8, 4) is 11.5 Å². The van der Waals surface area contributed by atoms with E-state index in [4.69, 9.17) is 4.74 Å². The molecule has 2 amide bonds. The number of aromatic hydroxyl groups is 1. The van der Waals surface area contributed by atoms with E-state index in [1.807, 2.05) is 0 Å². The third kappa shape index (κ3) is 3.66. The number of carbonyl (C=O) groups excluding carboxylic acids is 3. The maximum atomic E-state index is 12.7. The van der Waals surface area contributed by atoms with E-state index in [2.05, 4.69) is 10.2 Å². The number of nitrogens with one attached hydrogen (secondary N) is 1. The summed E-state index contributed by atoms with van der Waals surface area (Å²) in [6, 6.07) is 10.6. The van der Waals surface area contributed by atoms with E-state index in [1.54, 1.807) is 19.1 Å². The molecule has 0 aliphatic carbocycles. The summed E-state index contributed by atoms with van der Waals surface area (Å²) in [6.07, 6.45) is 1.42. The minimum absolute atomic E-state index is 0.0291. The molecule has 1 aliphatic heterocycles. The Morgan fingerprint density at radius 3 is 2.54 bits per heavy atom. The van der Waals surface area contributed by atoms with Crippen LogP contribution >= 0.6 is 0 Å². The molecule has 0 aromatic heterocycles. The summed E-state index contributed by atoms with van der Waals surface area (Å²) in [7, 11) is 1.28. The Labute approximate surface area is 160 Å². The molecule has 1 heterocycles. The van der Waals surface area contributed by atoms with Gasteiger partial charge in [0.2, 0.25) is 0 Å². The summed E-state index contributed by atoms with van der Waals surface area (Å²) in [5.41, 5.74) is 3.67. The van der Waals surface area contributed by atoms with Crippen molar-refractivity contribution in [2.45, 2.75) is 6.92 Å². The zero-order chi connectivity index (χ0) is 20.3. The van der Waals surface area contributed by atoms with E-state index in [-0.39, 0.29) is 17.1 Å². The van der Waals surface area contributed by atoms with Crippen LogP contribution in [0.5, 0.6) is 11.5 Å². The number of methoxy groups -OCH3 is 1. The van der Waals surface area contributed by atoms with Crippen LogP contribution in [0, 0.1) is 0 Å². The van der Waals surface area contributed by atoms with E-state index in [0.29, 0.717) is 23.4 Å². The van der Waals surface area contributed by atoms with Crippen LogP contribution in [0.25, 0.3) is 6.08 Å². The fourth-order valence-electron chi connectivity index (χ4n) is 2.66. The molecule has 3 rings (SSSR count). The van der Waals surface area contributed by atoms with Gasteiger partial charge in [0.15, 0.2) is 11.5 Å². The molecule has 0 bridgehead atoms. The van der Waals surface area contributed by atoms with Crippen LogP contribution in [0.2, 0.25) is 0 Å². The molecule has 8 nitrogen and oxygen atoms in total. The molecule has 8 heteroatoms. The number of amides is 2. The Hall–Kier alpha value is -3.81. The molecule has 2 aromatic carbocycles. The molecule has 0 atom stereocenters. The van der Waals surface area contributed by atoms with Gasteiger partial charge < -0.3 is 14.6 Å². The molecule has 0 unspecified atom stereocenters. The van der Waals surface area contributed by atoms with Crippen LogP contribution in [0.1, 0.15) is 22.8 Å². The average molecular weight is 382 g/mol. The molecular formula is C20H18N2O6. The van der Waals surface area contributed by atoms with Crippen LogP contribution in [-0.2, 0) is 14.3 Å². The van der Waals surface area contributed by atoms with Crippen molar-refractivity contribution in [2.75, 3.05) is 18.7 Å². The fraction of sp³-hybridized carbons (Fsp3) is 0.150. The van der Waals surface area contributed by atoms with Gasteiger partial charge in [-0.25, -0.2) is 9.80 Å². The second-order valence-electron chi connectivity index (χ2n) is 5.84. The summed E-state index contributed by atoms with van der Waals surface area (Å²) in [5, 5.41) is 10.9. The van der Waals surface area contributed by atoms with Crippen LogP contribution < -0.4 is 15.2 Å². The van der Waals surface area contributed by atoms with Gasteiger partial charge >= 0.3 is 5.97 Å². The van der Waals surface area contributed by atoms with Crippen molar-refractivity contribution in [3.05, 3.63) is 59.2 Å². The topological polar surface area (TPSA) is 105 Å². The summed E-state index contributed by atoms with van der Waals surface area (Å²) in [4.78, 5) is 36.5. The number of ether oxygens (including phenoxy) is 2. The summed E-state index contributed by atoms with van der Waals surface area (Å²) >= 11 is 0. The molecule has 0 radical (unpaired) electrons. The Kier molecular flexibility index (Phi) is 5.30. The number of phenols is 1. The number of nitrogens with zero attached hydrogens (tertiary/aromatic N) is 1. The normalized spacial score (nSPS) is 14.9. The van der Waals surface area contributed by atoms with Gasteiger partial charge in [-0.05, 0) is 55.0 Å². The largest absolute Gasteiger partial charge is 0.504 e. The number of hydrogen-bond acceptors (Lipinski definition) is 6. The maximum Gasteiger partial charge on any atom is 0.337 e. The lowest BCUT2D eigenvalue weighted by molar-refractivity contribution is -0.117. The lowest BCUT2D eigenvalue weighted by Gasteiger charge is -2.14. The molecule has 0 spiro atoms. The quantitative estimate of drug-likeness (QED) is 0.466. The number of hydrogen-bond donors (Lipinski definition) is 2. The molecule has 28 heavy (non-hydrogen) atoms. The van der Waals surface area contributed by atoms with Crippen LogP contribution in [-0.4, -0.2) is 36.6 Å². The first-order chi connectivity index (χ1) is 13.4. The molecule has 2 aromatic rings. The molecular weight excluding hydrogens is 364 g/mol. The summed E-state index contributed by atoms with van der Waals surface area (Å²) < 4.78 is 9.94. The van der Waals surface area contributed by atoms with Gasteiger partial charge in [0.1, 0.15) is 5.57 Å². The zero-order valence-electron chi connectivity index (χ0n) is 15.3. The van der Waals surface area contributed by atoms with Gasteiger partial charge in [0, 0.05) is 0 Å². The number of benzene rings is 2. The average Bonchev–Trinajstić information content (AvgIpc) is 2.98. The van der Waals surface area contributed by atoms with Gasteiger partial charge in [0.25, 0.3) is 11.8 Å². The van der Waals surface area contributed by atoms with Crippen molar-refractivity contribution in [2.24, 2.45) is 0 Å². The zero-order valence-corrected chi connectivity index (χ0v) is 15.3. The van der Waals surface area contributed by atoms with Crippen molar-refractivity contribution >= 4 is 29.5 Å². The number of rotatable bonds is 5. The van der Waals surface area contributed by atoms with E-state index in [9.17, 15) is 19.5 Å². The highest BCUT2D eigenvalue weighted by atomic mass is 16.5. The Bertz CT molecular complexity index is 965. The number of anilines is 1. The predicted octanol–water partition coefficient (Wildman–Crippen LogP) is 2.04. The van der Waals surface area contributed by atoms with Crippen molar-refractivity contribution in [1.29, 1.82) is 0 Å². The Balaban J connectivity index is 1.86. The van der Waals surface area contributed by atoms with Crippen molar-refractivity contribution in [3.63, 3.8) is 0 Å². The smallest absolute Gasteiger partial charge is 0.337 e. The predicted molar refractivity (Wildman–Crippen MR) is 101 cm³/mol. The number of carbonyl (C=O) groups is 3. The van der Waals surface area contributed by atoms with Crippen LogP contribution in [0.4, 0.5) is 5.69 Å². The lowest BCUT2D eigenvalue weighted by Crippen LogP contribution is -2.35. The molecule has 1 fully saturated rings. The Morgan fingerprint density at radius 1 is 1.18 bits per heavy atom. The third-order valence-corrected chi connectivity index (χ3v) is 4.03. The van der Waals surface area contributed by atoms with Gasteiger partial charge in [0.05, 0.1) is 25.0 Å². The van der Waals surface area contributed by atoms with Gasteiger partial charge in [-0.3, -0.25) is 15.0 Å². The van der Waals surface area contributed by atoms with E-state index < -0.39 is 17.8 Å². The minimum Gasteiger partial charge on any atom is -0.504 e. The maximum absolute atomic E-state index is 12.7. The first kappa shape index (κ1) is 19.0. The monoisotopic (exact) mass is 382 g/mol. The molecule has 1 saturated heterocycles. The molecule has 2 N–H and O–H groups in total. The number of esters is 1. The lowest BCUT2D eigenvalue weighted by atomic mass is 10.1. The highest BCUT2D eigenvalue weighted by Gasteiger charge is 2.34. The van der Waals surface area contributed by atoms with E-state index in [0.717, 1.165) is 5.01 Å². The van der Waals surface area contributed by atoms with Gasteiger partial charge in [-0.1, -0.05) is 6.07 Å². The number of phenolic OH excluding ortho intramolecular Hbond substituents is 1. The second-order valence-corrected chi connectivity index (χ2v) is 5.84. The standard InChI is InChI=1S/C20H18N2O6/c1-3-28-17-11-12(4-9-16(17)23)10-15-18(24)21-22(19(15)25)14-7-5-13(6-8-14)20(26)27-2/h4-11,23H,3H2,1-2H3,(H,21,24). The number of hydrazine groups is 1. The van der Waals surface area contributed by atoms with Crippen molar-refractivity contribution in [1.82, 2.24) is 5.43 Å². The first-order valence-electron chi connectivity index (χ1n) is 8.46. The molecule has 144 valence electrons. The van der Waals surface area contributed by atoms with Gasteiger partial charge in [-0.15, -0.1) is 0 Å². The SMILES string of the molecule is CCOc1cc(C=C2C(=O)NN(c3ccc(C(=O)OC)cc3)C2=O)ccc1O. The van der Waals surface area contributed by atoms with E-state index in [1.165, 1.54) is 43.5 Å². The summed E-state index contributed by atoms with van der Waals surface area (Å²) in [6.45, 7) is 2.14. The minimum atomic E-state index is -0.562. The molecule has 1 aliphatic rings. The third-order valence-electron chi connectivity index (χ3n) is 4.03. The van der Waals surface area contributed by atoms with Crippen LogP contribution in [0.15, 0.2) is 48.0 Å². The highest BCUT2D eigenvalue weighted by Crippen LogP contribution is 2.29. The van der Waals surface area contributed by atoms with Gasteiger partial charge in [-0.2, -0.15) is 0 Å². The molecule has 0 saturated carbocycles. The Morgan fingerprint density at radius 2 is 1.89 bits per heavy atom. The first-order valence-corrected chi connectivity index (χ1v) is 8.46. The summed E-state index contributed by atoms with van der Waals surface area (Å²) in [5.74, 6) is -1.37. The highest BCUT2D eigenvalue weighted by molar-refractivity contribution is 6.31. The van der Waals surface area contributed by atoms with Crippen LogP contribution in [0.3, 0.4) is 0 Å².